The molecule has 2 unspecified atom stereocenters. The number of hydrogen-bond donors (Lipinski definition) is 1. The van der Waals surface area contributed by atoms with Crippen molar-refractivity contribution >= 4 is 23.4 Å². The number of rotatable bonds is 5. The molecule has 8 heteroatoms. The van der Waals surface area contributed by atoms with Gasteiger partial charge in [-0.15, -0.1) is 0 Å². The van der Waals surface area contributed by atoms with E-state index in [1.54, 1.807) is 11.0 Å². The smallest absolute Gasteiger partial charge is 0.276 e. The summed E-state index contributed by atoms with van der Waals surface area (Å²) < 4.78 is 19.1. The van der Waals surface area contributed by atoms with Crippen LogP contribution in [0.1, 0.15) is 56.4 Å². The average molecular weight is 448 g/mol. The summed E-state index contributed by atoms with van der Waals surface area (Å²) in [5.74, 6) is -0.106. The van der Waals surface area contributed by atoms with Gasteiger partial charge in [0.25, 0.3) is 5.91 Å². The Labute approximate surface area is 186 Å². The van der Waals surface area contributed by atoms with Gasteiger partial charge in [-0.25, -0.2) is 4.39 Å². The lowest BCUT2D eigenvalue weighted by Gasteiger charge is -2.41. The van der Waals surface area contributed by atoms with E-state index in [0.717, 1.165) is 25.7 Å². The maximum atomic E-state index is 13.8. The largest absolute Gasteiger partial charge is 0.355 e. The quantitative estimate of drug-likeness (QED) is 0.722. The Morgan fingerprint density at radius 2 is 2.06 bits per heavy atom. The fourth-order valence-corrected chi connectivity index (χ4v) is 4.76. The van der Waals surface area contributed by atoms with Gasteiger partial charge in [-0.1, -0.05) is 43.4 Å². The number of nitrogens with zero attached hydrogens (tertiary/aromatic N) is 2. The Morgan fingerprint density at radius 3 is 2.74 bits per heavy atom. The SMILES string of the molecule is CC(C)CC1C(=O)NC(C2CCCC2)CN1C(=O)c1cc(-c2ccc(Cl)c(F)c2)on1. The molecule has 1 aliphatic heterocycles. The maximum absolute atomic E-state index is 13.8. The molecule has 2 aromatic rings. The molecular formula is C23H27ClFN3O3. The van der Waals surface area contributed by atoms with Gasteiger partial charge in [-0.05, 0) is 49.3 Å². The second kappa shape index (κ2) is 8.99. The van der Waals surface area contributed by atoms with Crippen LogP contribution in [-0.2, 0) is 4.79 Å². The number of piperazine rings is 1. The van der Waals surface area contributed by atoms with Gasteiger partial charge in [-0.3, -0.25) is 9.59 Å². The molecule has 1 saturated carbocycles. The molecule has 1 aliphatic carbocycles. The van der Waals surface area contributed by atoms with Gasteiger partial charge in [0.2, 0.25) is 5.91 Å². The van der Waals surface area contributed by atoms with E-state index in [9.17, 15) is 14.0 Å². The van der Waals surface area contributed by atoms with Crippen molar-refractivity contribution in [3.63, 3.8) is 0 Å². The van der Waals surface area contributed by atoms with Crippen molar-refractivity contribution in [1.82, 2.24) is 15.4 Å². The predicted molar refractivity (Wildman–Crippen MR) is 115 cm³/mol. The second-order valence-corrected chi connectivity index (χ2v) is 9.37. The molecule has 1 saturated heterocycles. The number of hydrogen-bond acceptors (Lipinski definition) is 4. The number of benzene rings is 1. The Morgan fingerprint density at radius 1 is 1.32 bits per heavy atom. The van der Waals surface area contributed by atoms with Crippen LogP contribution in [0.2, 0.25) is 5.02 Å². The number of aromatic nitrogens is 1. The van der Waals surface area contributed by atoms with Crippen LogP contribution in [0.25, 0.3) is 11.3 Å². The molecule has 2 heterocycles. The van der Waals surface area contributed by atoms with Crippen LogP contribution in [-0.4, -0.2) is 40.5 Å². The molecule has 1 aromatic heterocycles. The zero-order valence-electron chi connectivity index (χ0n) is 17.7. The van der Waals surface area contributed by atoms with Crippen molar-refractivity contribution in [1.29, 1.82) is 0 Å². The summed E-state index contributed by atoms with van der Waals surface area (Å²) in [6.45, 7) is 4.52. The number of carbonyl (C=O) groups is 2. The van der Waals surface area contributed by atoms with Crippen LogP contribution in [0.4, 0.5) is 4.39 Å². The molecule has 31 heavy (non-hydrogen) atoms. The highest BCUT2D eigenvalue weighted by atomic mass is 35.5. The Balaban J connectivity index is 1.59. The van der Waals surface area contributed by atoms with Gasteiger partial charge in [0, 0.05) is 24.2 Å². The summed E-state index contributed by atoms with van der Waals surface area (Å²) in [5, 5.41) is 7.10. The van der Waals surface area contributed by atoms with E-state index in [1.165, 1.54) is 18.2 Å². The highest BCUT2D eigenvalue weighted by Gasteiger charge is 2.41. The molecule has 4 rings (SSSR count). The summed E-state index contributed by atoms with van der Waals surface area (Å²) >= 11 is 5.74. The molecule has 1 aromatic carbocycles. The predicted octanol–water partition coefficient (Wildman–Crippen LogP) is 4.68. The lowest BCUT2D eigenvalue weighted by atomic mass is 9.91. The maximum Gasteiger partial charge on any atom is 0.276 e. The zero-order valence-corrected chi connectivity index (χ0v) is 18.5. The van der Waals surface area contributed by atoms with E-state index < -0.39 is 11.9 Å². The fraction of sp³-hybridized carbons (Fsp3) is 0.522. The standard InChI is InChI=1S/C23H27ClFN3O3/c1-13(2)9-20-22(29)26-19(14-5-3-4-6-14)12-28(20)23(30)18-11-21(31-27-18)15-7-8-16(24)17(25)10-15/h7-8,10-11,13-14,19-20H,3-6,9,12H2,1-2H3,(H,26,29). The van der Waals surface area contributed by atoms with E-state index in [0.29, 0.717) is 24.4 Å². The topological polar surface area (TPSA) is 75.4 Å². The van der Waals surface area contributed by atoms with Crippen molar-refractivity contribution in [3.8, 4) is 11.3 Å². The number of halogens is 2. The number of nitrogens with one attached hydrogen (secondary N) is 1. The Bertz CT molecular complexity index is 971. The van der Waals surface area contributed by atoms with E-state index in [-0.39, 0.29) is 40.3 Å². The molecule has 0 bridgehead atoms. The minimum absolute atomic E-state index is 0.00776. The summed E-state index contributed by atoms with van der Waals surface area (Å²) in [4.78, 5) is 28.0. The van der Waals surface area contributed by atoms with E-state index in [2.05, 4.69) is 10.5 Å². The van der Waals surface area contributed by atoms with Crippen LogP contribution in [0, 0.1) is 17.7 Å². The average Bonchev–Trinajstić information content (AvgIpc) is 3.43. The molecular weight excluding hydrogens is 421 g/mol. The van der Waals surface area contributed by atoms with Gasteiger partial charge in [0.1, 0.15) is 11.9 Å². The lowest BCUT2D eigenvalue weighted by Crippen LogP contribution is -2.63. The molecule has 1 N–H and O–H groups in total. The van der Waals surface area contributed by atoms with Gasteiger partial charge in [0.15, 0.2) is 11.5 Å². The van der Waals surface area contributed by atoms with Crippen molar-refractivity contribution in [2.75, 3.05) is 6.54 Å². The molecule has 2 aliphatic rings. The van der Waals surface area contributed by atoms with Crippen LogP contribution in [0.3, 0.4) is 0 Å². The highest BCUT2D eigenvalue weighted by Crippen LogP contribution is 2.32. The van der Waals surface area contributed by atoms with Crippen molar-refractivity contribution < 1.29 is 18.5 Å². The molecule has 166 valence electrons. The first kappa shape index (κ1) is 21.8. The summed E-state index contributed by atoms with van der Waals surface area (Å²) in [6.07, 6.45) is 5.02. The first-order valence-corrected chi connectivity index (χ1v) is 11.2. The van der Waals surface area contributed by atoms with E-state index in [4.69, 9.17) is 16.1 Å². The third-order valence-electron chi connectivity index (χ3n) is 6.26. The lowest BCUT2D eigenvalue weighted by molar-refractivity contribution is -0.130. The number of carbonyl (C=O) groups excluding carboxylic acids is 2. The van der Waals surface area contributed by atoms with Crippen LogP contribution in [0.5, 0.6) is 0 Å². The van der Waals surface area contributed by atoms with Crippen LogP contribution >= 0.6 is 11.6 Å². The molecule has 0 spiro atoms. The molecule has 0 radical (unpaired) electrons. The van der Waals surface area contributed by atoms with Gasteiger partial charge < -0.3 is 14.7 Å². The Kier molecular flexibility index (Phi) is 6.32. The van der Waals surface area contributed by atoms with Crippen LogP contribution < -0.4 is 5.32 Å². The monoisotopic (exact) mass is 447 g/mol. The molecule has 6 nitrogen and oxygen atoms in total. The normalized spacial score (nSPS) is 22.2. The third-order valence-corrected chi connectivity index (χ3v) is 6.56. The fourth-order valence-electron chi connectivity index (χ4n) is 4.65. The summed E-state index contributed by atoms with van der Waals surface area (Å²) in [6, 6.07) is 5.18. The second-order valence-electron chi connectivity index (χ2n) is 8.97. The molecule has 2 amide bonds. The third kappa shape index (κ3) is 4.61. The number of amides is 2. The summed E-state index contributed by atoms with van der Waals surface area (Å²) in [5.41, 5.74) is 0.548. The van der Waals surface area contributed by atoms with E-state index in [1.807, 2.05) is 13.8 Å². The molecule has 2 fully saturated rings. The van der Waals surface area contributed by atoms with Crippen molar-refractivity contribution in [2.45, 2.75) is 58.0 Å². The van der Waals surface area contributed by atoms with Gasteiger partial charge >= 0.3 is 0 Å². The highest BCUT2D eigenvalue weighted by molar-refractivity contribution is 6.30. The minimum Gasteiger partial charge on any atom is -0.355 e. The van der Waals surface area contributed by atoms with Crippen molar-refractivity contribution in [2.24, 2.45) is 11.8 Å². The van der Waals surface area contributed by atoms with Crippen LogP contribution in [0.15, 0.2) is 28.8 Å². The Hall–Kier alpha value is -2.41. The first-order chi connectivity index (χ1) is 14.8. The van der Waals surface area contributed by atoms with Gasteiger partial charge in [-0.2, -0.15) is 0 Å². The summed E-state index contributed by atoms with van der Waals surface area (Å²) in [7, 11) is 0. The van der Waals surface area contributed by atoms with Crippen molar-refractivity contribution in [3.05, 3.63) is 40.8 Å². The minimum atomic E-state index is -0.576. The first-order valence-electron chi connectivity index (χ1n) is 10.9. The molecule has 2 atom stereocenters. The zero-order chi connectivity index (χ0) is 22.1. The van der Waals surface area contributed by atoms with Gasteiger partial charge in [0.05, 0.1) is 5.02 Å². The van der Waals surface area contributed by atoms with E-state index >= 15 is 0 Å².